The van der Waals surface area contributed by atoms with Crippen molar-refractivity contribution < 1.29 is 13.5 Å². The lowest BCUT2D eigenvalue weighted by Crippen LogP contribution is -2.32. The number of rotatable bonds is 7. The Kier molecular flexibility index (Phi) is 5.56. The molecule has 4 N–H and O–H groups in total. The summed E-state index contributed by atoms with van der Waals surface area (Å²) in [6.07, 6.45) is 1.70. The minimum Gasteiger partial charge on any atom is -0.396 e. The molecule has 0 spiro atoms. The van der Waals surface area contributed by atoms with Crippen LogP contribution in [0.3, 0.4) is 0 Å². The van der Waals surface area contributed by atoms with Gasteiger partial charge in [-0.1, -0.05) is 19.9 Å². The molecule has 0 aliphatic rings. The number of benzene rings is 1. The van der Waals surface area contributed by atoms with Crippen LogP contribution >= 0.6 is 0 Å². The van der Waals surface area contributed by atoms with E-state index in [1.54, 1.807) is 13.0 Å². The Morgan fingerprint density at radius 3 is 2.35 bits per heavy atom. The molecule has 0 saturated heterocycles. The summed E-state index contributed by atoms with van der Waals surface area (Å²) in [6.45, 7) is 6.46. The molecule has 0 atom stereocenters. The molecule has 0 unspecified atom stereocenters. The van der Waals surface area contributed by atoms with Gasteiger partial charge in [0.05, 0.1) is 11.5 Å². The number of primary sulfonamides is 1. The highest BCUT2D eigenvalue weighted by molar-refractivity contribution is 7.89. The van der Waals surface area contributed by atoms with Crippen molar-refractivity contribution in [1.82, 2.24) is 0 Å². The van der Waals surface area contributed by atoms with Gasteiger partial charge in [0, 0.05) is 17.6 Å². The number of hydrogen-bond acceptors (Lipinski definition) is 4. The predicted molar refractivity (Wildman–Crippen MR) is 81.1 cm³/mol. The third kappa shape index (κ3) is 3.94. The number of hydrogen-bond donors (Lipinski definition) is 3. The summed E-state index contributed by atoms with van der Waals surface area (Å²) in [7, 11) is -3.72. The van der Waals surface area contributed by atoms with Crippen LogP contribution in [-0.4, -0.2) is 26.7 Å². The highest BCUT2D eigenvalue weighted by Gasteiger charge is 2.25. The van der Waals surface area contributed by atoms with Gasteiger partial charge < -0.3 is 10.4 Å². The molecule has 0 heterocycles. The maximum absolute atomic E-state index is 11.5. The summed E-state index contributed by atoms with van der Waals surface area (Å²) in [4.78, 5) is 0.130. The zero-order valence-corrected chi connectivity index (χ0v) is 13.1. The second-order valence-corrected chi connectivity index (χ2v) is 6.77. The van der Waals surface area contributed by atoms with Gasteiger partial charge in [-0.25, -0.2) is 13.6 Å². The molecule has 114 valence electrons. The largest absolute Gasteiger partial charge is 0.396 e. The number of nitrogens with one attached hydrogen (secondary N) is 1. The summed E-state index contributed by atoms with van der Waals surface area (Å²) in [5.74, 6) is 0. The Labute approximate surface area is 121 Å². The second-order valence-electron chi connectivity index (χ2n) is 5.24. The highest BCUT2D eigenvalue weighted by Crippen LogP contribution is 2.27. The van der Waals surface area contributed by atoms with Crippen LogP contribution in [0.2, 0.25) is 0 Å². The maximum Gasteiger partial charge on any atom is 0.238 e. The predicted octanol–water partition coefficient (Wildman–Crippen LogP) is 1.85. The molecule has 1 rings (SSSR count). The number of anilines is 1. The van der Waals surface area contributed by atoms with E-state index in [1.165, 1.54) is 6.07 Å². The van der Waals surface area contributed by atoms with Gasteiger partial charge in [-0.3, -0.25) is 0 Å². The lowest BCUT2D eigenvalue weighted by atomic mass is 9.83. The number of aliphatic hydroxyl groups excluding tert-OH is 1. The third-order valence-electron chi connectivity index (χ3n) is 4.00. The number of sulfonamides is 1. The molecule has 0 fully saturated rings. The van der Waals surface area contributed by atoms with E-state index in [2.05, 4.69) is 5.32 Å². The average Bonchev–Trinajstić information content (AvgIpc) is 2.41. The van der Waals surface area contributed by atoms with Gasteiger partial charge >= 0.3 is 0 Å². The van der Waals surface area contributed by atoms with Crippen molar-refractivity contribution in [2.24, 2.45) is 10.6 Å². The van der Waals surface area contributed by atoms with Crippen molar-refractivity contribution in [1.29, 1.82) is 0 Å². The Balaban J connectivity index is 2.95. The van der Waals surface area contributed by atoms with Crippen LogP contribution in [-0.2, 0) is 10.0 Å². The summed E-state index contributed by atoms with van der Waals surface area (Å²) in [5, 5.41) is 17.9. The molecule has 1 aromatic rings. The van der Waals surface area contributed by atoms with Crippen LogP contribution < -0.4 is 10.5 Å². The van der Waals surface area contributed by atoms with Crippen LogP contribution in [0.15, 0.2) is 23.1 Å². The SMILES string of the molecule is CCC(CC)(CO)CNc1ccc(C)c(S(N)(=O)=O)c1. The first kappa shape index (κ1) is 16.9. The molecular formula is C14H24N2O3S. The molecular weight excluding hydrogens is 276 g/mol. The minimum atomic E-state index is -3.72. The van der Waals surface area contributed by atoms with Crippen LogP contribution in [0.5, 0.6) is 0 Å². The normalized spacial score (nSPS) is 12.4. The lowest BCUT2D eigenvalue weighted by Gasteiger charge is -2.30. The van der Waals surface area contributed by atoms with Crippen molar-refractivity contribution in [3.8, 4) is 0 Å². The van der Waals surface area contributed by atoms with E-state index in [1.807, 2.05) is 19.9 Å². The monoisotopic (exact) mass is 300 g/mol. The van der Waals surface area contributed by atoms with E-state index in [9.17, 15) is 13.5 Å². The van der Waals surface area contributed by atoms with E-state index in [0.29, 0.717) is 17.8 Å². The molecule has 0 aromatic heterocycles. The Hall–Kier alpha value is -1.11. The van der Waals surface area contributed by atoms with Crippen molar-refractivity contribution in [3.05, 3.63) is 23.8 Å². The van der Waals surface area contributed by atoms with E-state index in [-0.39, 0.29) is 16.9 Å². The Morgan fingerprint density at radius 1 is 1.30 bits per heavy atom. The highest BCUT2D eigenvalue weighted by atomic mass is 32.2. The maximum atomic E-state index is 11.5. The second kappa shape index (κ2) is 6.56. The number of aliphatic hydroxyl groups is 1. The first-order valence-electron chi connectivity index (χ1n) is 6.76. The lowest BCUT2D eigenvalue weighted by molar-refractivity contribution is 0.127. The van der Waals surface area contributed by atoms with E-state index in [0.717, 1.165) is 12.8 Å². The van der Waals surface area contributed by atoms with Gasteiger partial charge in [-0.2, -0.15) is 0 Å². The van der Waals surface area contributed by atoms with Gasteiger partial charge in [-0.05, 0) is 37.5 Å². The molecule has 1 aromatic carbocycles. The molecule has 0 bridgehead atoms. The van der Waals surface area contributed by atoms with Gasteiger partial charge in [0.2, 0.25) is 10.0 Å². The molecule has 0 amide bonds. The fraction of sp³-hybridized carbons (Fsp3) is 0.571. The Bertz CT molecular complexity index is 543. The Morgan fingerprint density at radius 2 is 1.90 bits per heavy atom. The summed E-state index contributed by atoms with van der Waals surface area (Å²) in [5.41, 5.74) is 1.13. The quantitative estimate of drug-likeness (QED) is 0.716. The van der Waals surface area contributed by atoms with E-state index >= 15 is 0 Å². The van der Waals surface area contributed by atoms with E-state index in [4.69, 9.17) is 5.14 Å². The van der Waals surface area contributed by atoms with Crippen LogP contribution in [0.25, 0.3) is 0 Å². The third-order valence-corrected chi connectivity index (χ3v) is 5.05. The average molecular weight is 300 g/mol. The first-order valence-corrected chi connectivity index (χ1v) is 8.31. The molecule has 0 aliphatic heterocycles. The van der Waals surface area contributed by atoms with Gasteiger partial charge in [0.15, 0.2) is 0 Å². The fourth-order valence-electron chi connectivity index (χ4n) is 2.09. The zero-order valence-electron chi connectivity index (χ0n) is 12.3. The van der Waals surface area contributed by atoms with Gasteiger partial charge in [0.1, 0.15) is 0 Å². The van der Waals surface area contributed by atoms with Crippen molar-refractivity contribution in [2.75, 3.05) is 18.5 Å². The smallest absolute Gasteiger partial charge is 0.238 e. The standard InChI is InChI=1S/C14H24N2O3S/c1-4-14(5-2,10-17)9-16-12-7-6-11(3)13(8-12)20(15,18)19/h6-8,16-17H,4-5,9-10H2,1-3H3,(H2,15,18,19). The van der Waals surface area contributed by atoms with Crippen LogP contribution in [0.4, 0.5) is 5.69 Å². The summed E-state index contributed by atoms with van der Waals surface area (Å²) in [6, 6.07) is 5.08. The van der Waals surface area contributed by atoms with Gasteiger partial charge in [0.25, 0.3) is 0 Å². The zero-order chi connectivity index (χ0) is 15.4. The molecule has 20 heavy (non-hydrogen) atoms. The van der Waals surface area contributed by atoms with Gasteiger partial charge in [-0.15, -0.1) is 0 Å². The van der Waals surface area contributed by atoms with Crippen molar-refractivity contribution in [2.45, 2.75) is 38.5 Å². The molecule has 6 heteroatoms. The summed E-state index contributed by atoms with van der Waals surface area (Å²) < 4.78 is 23.0. The molecule has 0 radical (unpaired) electrons. The topological polar surface area (TPSA) is 92.4 Å². The minimum absolute atomic E-state index is 0.0981. The number of nitrogens with two attached hydrogens (primary N) is 1. The molecule has 0 aliphatic carbocycles. The number of aryl methyl sites for hydroxylation is 1. The fourth-order valence-corrected chi connectivity index (χ4v) is 2.89. The van der Waals surface area contributed by atoms with Crippen LogP contribution in [0, 0.1) is 12.3 Å². The van der Waals surface area contributed by atoms with Crippen LogP contribution in [0.1, 0.15) is 32.3 Å². The van der Waals surface area contributed by atoms with Crippen molar-refractivity contribution in [3.63, 3.8) is 0 Å². The van der Waals surface area contributed by atoms with E-state index < -0.39 is 10.0 Å². The molecule has 5 nitrogen and oxygen atoms in total. The first-order chi connectivity index (χ1) is 9.28. The van der Waals surface area contributed by atoms with Crippen molar-refractivity contribution >= 4 is 15.7 Å². The summed E-state index contributed by atoms with van der Waals surface area (Å²) >= 11 is 0. The molecule has 0 saturated carbocycles.